The Kier molecular flexibility index (Phi) is 1.61. The normalized spacial score (nSPS) is 31.9. The Morgan fingerprint density at radius 1 is 1.80 bits per heavy atom. The number of hydrogen-bond donors (Lipinski definition) is 0. The molecule has 0 aromatic carbocycles. The number of aliphatic carboxylic acids is 1. The largest absolute Gasteiger partial charge is 0.549 e. The zero-order valence-corrected chi connectivity index (χ0v) is 5.49. The Balaban J connectivity index is 2.72. The van der Waals surface area contributed by atoms with Gasteiger partial charge < -0.3 is 14.6 Å². The first-order valence-electron chi connectivity index (χ1n) is 3.00. The second-order valence-corrected chi connectivity index (χ2v) is 2.40. The monoisotopic (exact) mass is 143 g/mol. The average molecular weight is 143 g/mol. The number of rotatable bonds is 1. The van der Waals surface area contributed by atoms with E-state index in [1.54, 1.807) is 6.92 Å². The second-order valence-electron chi connectivity index (χ2n) is 2.40. The van der Waals surface area contributed by atoms with Crippen LogP contribution in [0.1, 0.15) is 6.92 Å². The lowest BCUT2D eigenvalue weighted by atomic mass is 9.98. The van der Waals surface area contributed by atoms with E-state index in [0.717, 1.165) is 0 Å². The lowest BCUT2D eigenvalue weighted by Crippen LogP contribution is -2.36. The molecular weight excluding hydrogens is 136 g/mol. The van der Waals surface area contributed by atoms with Gasteiger partial charge in [0, 0.05) is 5.92 Å². The van der Waals surface area contributed by atoms with Gasteiger partial charge in [0.25, 0.3) is 0 Å². The number of carboxylic acid groups (broad SMARTS) is 1. The summed E-state index contributed by atoms with van der Waals surface area (Å²) in [7, 11) is 0. The summed E-state index contributed by atoms with van der Waals surface area (Å²) in [5, 5.41) is 10.2. The van der Waals surface area contributed by atoms with Crippen molar-refractivity contribution in [3.63, 3.8) is 0 Å². The maximum Gasteiger partial charge on any atom is 0.315 e. The second kappa shape index (κ2) is 2.28. The average Bonchev–Trinajstić information content (AvgIpc) is 2.11. The molecule has 1 rings (SSSR count). The molecular formula is C6H7O4-. The highest BCUT2D eigenvalue weighted by Crippen LogP contribution is 2.20. The Labute approximate surface area is 57.8 Å². The quantitative estimate of drug-likeness (QED) is 0.332. The van der Waals surface area contributed by atoms with E-state index in [1.165, 1.54) is 0 Å². The van der Waals surface area contributed by atoms with Gasteiger partial charge in [-0.3, -0.25) is 4.79 Å². The van der Waals surface area contributed by atoms with Crippen LogP contribution in [0.2, 0.25) is 0 Å². The standard InChI is InChI=1S/C6H8O4/c1-3-2-10-6(9)4(3)5(7)8/h3-4H,2H2,1H3,(H,7,8)/p-1/t3-,4-/m0/s1. The molecule has 0 aliphatic carbocycles. The maximum absolute atomic E-state index is 10.6. The molecule has 1 heterocycles. The van der Waals surface area contributed by atoms with Crippen LogP contribution < -0.4 is 5.11 Å². The fourth-order valence-corrected chi connectivity index (χ4v) is 0.960. The van der Waals surface area contributed by atoms with Crippen LogP contribution in [0, 0.1) is 11.8 Å². The predicted octanol–water partition coefficient (Wildman–Crippen LogP) is -1.45. The molecule has 0 N–H and O–H groups in total. The molecule has 0 spiro atoms. The molecule has 0 amide bonds. The Hall–Kier alpha value is -1.06. The molecule has 1 aliphatic rings. The third-order valence-electron chi connectivity index (χ3n) is 1.57. The molecule has 0 aromatic rings. The molecule has 0 radical (unpaired) electrons. The Bertz CT molecular complexity index is 175. The summed E-state index contributed by atoms with van der Waals surface area (Å²) in [6.07, 6.45) is 0. The van der Waals surface area contributed by atoms with Crippen LogP contribution in [-0.4, -0.2) is 18.5 Å². The van der Waals surface area contributed by atoms with E-state index in [9.17, 15) is 14.7 Å². The van der Waals surface area contributed by atoms with Gasteiger partial charge in [-0.2, -0.15) is 0 Å². The molecule has 0 aromatic heterocycles. The minimum atomic E-state index is -1.34. The highest BCUT2D eigenvalue weighted by atomic mass is 16.5. The van der Waals surface area contributed by atoms with Crippen LogP contribution in [0.4, 0.5) is 0 Å². The maximum atomic E-state index is 10.6. The number of carboxylic acids is 1. The van der Waals surface area contributed by atoms with Crippen LogP contribution in [0.15, 0.2) is 0 Å². The number of hydrogen-bond acceptors (Lipinski definition) is 4. The molecule has 0 unspecified atom stereocenters. The summed E-state index contributed by atoms with van der Waals surface area (Å²) in [5.41, 5.74) is 0. The minimum absolute atomic E-state index is 0.192. The van der Waals surface area contributed by atoms with Crippen molar-refractivity contribution in [2.24, 2.45) is 11.8 Å². The van der Waals surface area contributed by atoms with Gasteiger partial charge in [0.1, 0.15) is 5.92 Å². The first-order valence-corrected chi connectivity index (χ1v) is 3.00. The van der Waals surface area contributed by atoms with E-state index in [0.29, 0.717) is 0 Å². The lowest BCUT2D eigenvalue weighted by molar-refractivity contribution is -0.310. The van der Waals surface area contributed by atoms with Crippen LogP contribution >= 0.6 is 0 Å². The zero-order chi connectivity index (χ0) is 7.72. The molecule has 4 nitrogen and oxygen atoms in total. The number of cyclic esters (lactones) is 1. The van der Waals surface area contributed by atoms with E-state index >= 15 is 0 Å². The van der Waals surface area contributed by atoms with Crippen molar-refractivity contribution in [1.29, 1.82) is 0 Å². The zero-order valence-electron chi connectivity index (χ0n) is 5.49. The minimum Gasteiger partial charge on any atom is -0.549 e. The number of ether oxygens (including phenoxy) is 1. The van der Waals surface area contributed by atoms with Crippen molar-refractivity contribution >= 4 is 11.9 Å². The van der Waals surface area contributed by atoms with Gasteiger partial charge >= 0.3 is 5.97 Å². The van der Waals surface area contributed by atoms with E-state index < -0.39 is 17.9 Å². The summed E-state index contributed by atoms with van der Waals surface area (Å²) in [5.74, 6) is -3.32. The van der Waals surface area contributed by atoms with E-state index in [1.807, 2.05) is 0 Å². The van der Waals surface area contributed by atoms with Gasteiger partial charge in [-0.1, -0.05) is 6.92 Å². The molecule has 1 aliphatic heterocycles. The van der Waals surface area contributed by atoms with Crippen molar-refractivity contribution in [3.05, 3.63) is 0 Å². The number of carbonyl (C=O) groups is 2. The summed E-state index contributed by atoms with van der Waals surface area (Å²) in [6, 6.07) is 0. The van der Waals surface area contributed by atoms with Crippen molar-refractivity contribution in [3.8, 4) is 0 Å². The number of carbonyl (C=O) groups excluding carboxylic acids is 2. The smallest absolute Gasteiger partial charge is 0.315 e. The molecule has 0 bridgehead atoms. The topological polar surface area (TPSA) is 66.4 Å². The summed E-state index contributed by atoms with van der Waals surface area (Å²) in [6.45, 7) is 1.84. The summed E-state index contributed by atoms with van der Waals surface area (Å²) >= 11 is 0. The van der Waals surface area contributed by atoms with Crippen LogP contribution in [0.5, 0.6) is 0 Å². The fraction of sp³-hybridized carbons (Fsp3) is 0.667. The third-order valence-corrected chi connectivity index (χ3v) is 1.57. The van der Waals surface area contributed by atoms with Gasteiger partial charge in [0.15, 0.2) is 0 Å². The van der Waals surface area contributed by atoms with Crippen LogP contribution in [0.3, 0.4) is 0 Å². The van der Waals surface area contributed by atoms with Crippen molar-refractivity contribution in [1.82, 2.24) is 0 Å². The van der Waals surface area contributed by atoms with E-state index in [-0.39, 0.29) is 12.5 Å². The van der Waals surface area contributed by atoms with Gasteiger partial charge in [-0.15, -0.1) is 0 Å². The highest BCUT2D eigenvalue weighted by molar-refractivity contribution is 5.94. The summed E-state index contributed by atoms with van der Waals surface area (Å²) < 4.78 is 4.48. The molecule has 1 saturated heterocycles. The van der Waals surface area contributed by atoms with Gasteiger partial charge in [0.05, 0.1) is 12.6 Å². The molecule has 2 atom stereocenters. The van der Waals surface area contributed by atoms with Crippen molar-refractivity contribution in [2.75, 3.05) is 6.61 Å². The molecule has 0 saturated carbocycles. The van der Waals surface area contributed by atoms with E-state index in [2.05, 4.69) is 4.74 Å². The van der Waals surface area contributed by atoms with Crippen molar-refractivity contribution < 1.29 is 19.4 Å². The van der Waals surface area contributed by atoms with Crippen LogP contribution in [-0.2, 0) is 14.3 Å². The molecule has 1 fully saturated rings. The van der Waals surface area contributed by atoms with Crippen LogP contribution in [0.25, 0.3) is 0 Å². The fourth-order valence-electron chi connectivity index (χ4n) is 0.960. The van der Waals surface area contributed by atoms with Crippen molar-refractivity contribution in [2.45, 2.75) is 6.92 Å². The molecule has 10 heavy (non-hydrogen) atoms. The molecule has 4 heteroatoms. The highest BCUT2D eigenvalue weighted by Gasteiger charge is 2.34. The SMILES string of the molecule is C[C@H]1COC(=O)[C@@H]1C(=O)[O-]. The first kappa shape index (κ1) is 7.05. The third kappa shape index (κ3) is 0.964. The summed E-state index contributed by atoms with van der Waals surface area (Å²) in [4.78, 5) is 20.8. The molecule has 56 valence electrons. The van der Waals surface area contributed by atoms with Gasteiger partial charge in [0.2, 0.25) is 0 Å². The van der Waals surface area contributed by atoms with Gasteiger partial charge in [-0.25, -0.2) is 0 Å². The first-order chi connectivity index (χ1) is 4.63. The Morgan fingerprint density at radius 3 is 2.60 bits per heavy atom. The lowest BCUT2D eigenvalue weighted by Gasteiger charge is -2.09. The van der Waals surface area contributed by atoms with E-state index in [4.69, 9.17) is 0 Å². The van der Waals surface area contributed by atoms with Gasteiger partial charge in [-0.05, 0) is 0 Å². The number of esters is 1. The predicted molar refractivity (Wildman–Crippen MR) is 28.6 cm³/mol. The Morgan fingerprint density at radius 2 is 2.40 bits per heavy atom.